The van der Waals surface area contributed by atoms with E-state index in [9.17, 15) is 4.79 Å². The maximum Gasteiger partial charge on any atom is 0.223 e. The number of aryl methyl sites for hydroxylation is 3. The van der Waals surface area contributed by atoms with Gasteiger partial charge in [0.15, 0.2) is 0 Å². The highest BCUT2D eigenvalue weighted by Crippen LogP contribution is 2.20. The average Bonchev–Trinajstić information content (AvgIpc) is 2.61. The maximum absolute atomic E-state index is 12.8. The summed E-state index contributed by atoms with van der Waals surface area (Å²) in [6, 6.07) is 15.3. The molecule has 1 atom stereocenters. The number of benzene rings is 2. The van der Waals surface area contributed by atoms with Gasteiger partial charge in [0, 0.05) is 38.6 Å². The van der Waals surface area contributed by atoms with Gasteiger partial charge < -0.3 is 4.90 Å². The molecule has 2 aromatic carbocycles. The molecule has 27 heavy (non-hydrogen) atoms. The van der Waals surface area contributed by atoms with Crippen molar-refractivity contribution < 1.29 is 4.79 Å². The standard InChI is InChI=1S/C24H32N2O/c1-18-14-19(2)23(20(3)15-18)10-11-24(27)26-13-12-25(16-21(26)4)17-22-8-6-5-7-9-22/h5-9,14-15,21H,10-13,16-17H2,1-4H3/t21-/m0/s1. The van der Waals surface area contributed by atoms with Crippen molar-refractivity contribution >= 4 is 5.91 Å². The highest BCUT2D eigenvalue weighted by atomic mass is 16.2. The van der Waals surface area contributed by atoms with Crippen LogP contribution in [0.1, 0.15) is 41.2 Å². The molecule has 1 fully saturated rings. The minimum absolute atomic E-state index is 0.273. The van der Waals surface area contributed by atoms with E-state index in [1.807, 2.05) is 0 Å². The lowest BCUT2D eigenvalue weighted by Crippen LogP contribution is -2.53. The molecule has 0 saturated carbocycles. The van der Waals surface area contributed by atoms with Crippen LogP contribution in [-0.4, -0.2) is 41.4 Å². The molecule has 1 amide bonds. The van der Waals surface area contributed by atoms with Crippen molar-refractivity contribution in [3.63, 3.8) is 0 Å². The summed E-state index contributed by atoms with van der Waals surface area (Å²) >= 11 is 0. The second-order valence-corrected chi connectivity index (χ2v) is 8.03. The van der Waals surface area contributed by atoms with Crippen LogP contribution >= 0.6 is 0 Å². The Morgan fingerprint density at radius 2 is 1.70 bits per heavy atom. The quantitative estimate of drug-likeness (QED) is 0.791. The maximum atomic E-state index is 12.8. The zero-order valence-electron chi connectivity index (χ0n) is 17.2. The number of carbonyl (C=O) groups is 1. The molecule has 1 aliphatic rings. The first-order valence-corrected chi connectivity index (χ1v) is 10.1. The number of amides is 1. The van der Waals surface area contributed by atoms with Crippen LogP contribution in [0.4, 0.5) is 0 Å². The number of hydrogen-bond acceptors (Lipinski definition) is 2. The van der Waals surface area contributed by atoms with E-state index in [1.165, 1.54) is 27.8 Å². The Bertz CT molecular complexity index is 761. The van der Waals surface area contributed by atoms with Gasteiger partial charge in [0.05, 0.1) is 0 Å². The summed E-state index contributed by atoms with van der Waals surface area (Å²) in [4.78, 5) is 17.4. The summed E-state index contributed by atoms with van der Waals surface area (Å²) in [5, 5.41) is 0. The molecule has 1 saturated heterocycles. The lowest BCUT2D eigenvalue weighted by atomic mass is 9.96. The average molecular weight is 365 g/mol. The van der Waals surface area contributed by atoms with E-state index in [-0.39, 0.29) is 6.04 Å². The first-order valence-electron chi connectivity index (χ1n) is 10.1. The Morgan fingerprint density at radius 1 is 1.04 bits per heavy atom. The van der Waals surface area contributed by atoms with Crippen molar-refractivity contribution in [3.05, 3.63) is 70.3 Å². The van der Waals surface area contributed by atoms with E-state index in [0.717, 1.165) is 32.6 Å². The Kier molecular flexibility index (Phi) is 6.33. The summed E-state index contributed by atoms with van der Waals surface area (Å²) in [5.74, 6) is 0.293. The van der Waals surface area contributed by atoms with Gasteiger partial charge in [-0.3, -0.25) is 9.69 Å². The highest BCUT2D eigenvalue weighted by molar-refractivity contribution is 5.77. The van der Waals surface area contributed by atoms with Gasteiger partial charge in [-0.05, 0) is 56.4 Å². The first kappa shape index (κ1) is 19.6. The number of hydrogen-bond donors (Lipinski definition) is 0. The normalized spacial score (nSPS) is 17.9. The third kappa shape index (κ3) is 4.98. The van der Waals surface area contributed by atoms with Crippen LogP contribution in [-0.2, 0) is 17.8 Å². The van der Waals surface area contributed by atoms with Gasteiger partial charge in [0.1, 0.15) is 0 Å². The SMILES string of the molecule is Cc1cc(C)c(CCC(=O)N2CCN(Cc3ccccc3)C[C@@H]2C)c(C)c1. The molecule has 1 heterocycles. The van der Waals surface area contributed by atoms with Gasteiger partial charge in [-0.1, -0.05) is 48.0 Å². The van der Waals surface area contributed by atoms with Crippen LogP contribution in [0.3, 0.4) is 0 Å². The summed E-state index contributed by atoms with van der Waals surface area (Å²) in [5.41, 5.74) is 6.59. The topological polar surface area (TPSA) is 23.6 Å². The molecule has 1 aliphatic heterocycles. The van der Waals surface area contributed by atoms with E-state index in [1.54, 1.807) is 0 Å². The number of nitrogens with zero attached hydrogens (tertiary/aromatic N) is 2. The zero-order chi connectivity index (χ0) is 19.4. The Labute approximate surface area is 164 Å². The van der Waals surface area contributed by atoms with Crippen LogP contribution in [0, 0.1) is 20.8 Å². The van der Waals surface area contributed by atoms with Crippen molar-refractivity contribution in [3.8, 4) is 0 Å². The fourth-order valence-electron chi connectivity index (χ4n) is 4.37. The Morgan fingerprint density at radius 3 is 2.33 bits per heavy atom. The lowest BCUT2D eigenvalue weighted by molar-refractivity contribution is -0.135. The molecular formula is C24H32N2O. The minimum atomic E-state index is 0.273. The molecule has 0 aromatic heterocycles. The molecule has 144 valence electrons. The predicted octanol–water partition coefficient (Wildman–Crippen LogP) is 4.28. The van der Waals surface area contributed by atoms with E-state index in [4.69, 9.17) is 0 Å². The summed E-state index contributed by atoms with van der Waals surface area (Å²) in [6.45, 7) is 12.3. The minimum Gasteiger partial charge on any atom is -0.337 e. The fourth-order valence-corrected chi connectivity index (χ4v) is 4.37. The molecule has 0 spiro atoms. The number of rotatable bonds is 5. The van der Waals surface area contributed by atoms with Crippen LogP contribution in [0.25, 0.3) is 0 Å². The molecule has 3 heteroatoms. The zero-order valence-corrected chi connectivity index (χ0v) is 17.2. The highest BCUT2D eigenvalue weighted by Gasteiger charge is 2.27. The van der Waals surface area contributed by atoms with E-state index in [2.05, 4.69) is 80.0 Å². The second-order valence-electron chi connectivity index (χ2n) is 8.03. The third-order valence-corrected chi connectivity index (χ3v) is 5.71. The number of carbonyl (C=O) groups excluding carboxylic acids is 1. The largest absolute Gasteiger partial charge is 0.337 e. The Balaban J connectivity index is 1.54. The molecule has 0 N–H and O–H groups in total. The predicted molar refractivity (Wildman–Crippen MR) is 112 cm³/mol. The monoisotopic (exact) mass is 364 g/mol. The van der Waals surface area contributed by atoms with Crippen LogP contribution in [0.5, 0.6) is 0 Å². The summed E-state index contributed by atoms with van der Waals surface area (Å²) < 4.78 is 0. The van der Waals surface area contributed by atoms with E-state index < -0.39 is 0 Å². The lowest BCUT2D eigenvalue weighted by Gasteiger charge is -2.40. The third-order valence-electron chi connectivity index (χ3n) is 5.71. The molecule has 0 unspecified atom stereocenters. The molecule has 0 bridgehead atoms. The van der Waals surface area contributed by atoms with Crippen LogP contribution < -0.4 is 0 Å². The van der Waals surface area contributed by atoms with Crippen molar-refractivity contribution in [2.24, 2.45) is 0 Å². The smallest absolute Gasteiger partial charge is 0.223 e. The van der Waals surface area contributed by atoms with E-state index in [0.29, 0.717) is 12.3 Å². The molecule has 3 rings (SSSR count). The van der Waals surface area contributed by atoms with Crippen molar-refractivity contribution in [2.45, 2.75) is 53.1 Å². The van der Waals surface area contributed by atoms with Crippen molar-refractivity contribution in [1.29, 1.82) is 0 Å². The van der Waals surface area contributed by atoms with Gasteiger partial charge in [0.25, 0.3) is 0 Å². The van der Waals surface area contributed by atoms with Crippen molar-refractivity contribution in [1.82, 2.24) is 9.80 Å². The fraction of sp³-hybridized carbons (Fsp3) is 0.458. The van der Waals surface area contributed by atoms with Crippen LogP contribution in [0.15, 0.2) is 42.5 Å². The van der Waals surface area contributed by atoms with Gasteiger partial charge in [-0.25, -0.2) is 0 Å². The van der Waals surface area contributed by atoms with Gasteiger partial charge >= 0.3 is 0 Å². The number of piperazine rings is 1. The second kappa shape index (κ2) is 8.71. The van der Waals surface area contributed by atoms with E-state index >= 15 is 0 Å². The molecule has 3 nitrogen and oxygen atoms in total. The molecule has 2 aromatic rings. The van der Waals surface area contributed by atoms with Crippen LogP contribution in [0.2, 0.25) is 0 Å². The molecular weight excluding hydrogens is 332 g/mol. The van der Waals surface area contributed by atoms with Gasteiger partial charge in [-0.2, -0.15) is 0 Å². The summed E-state index contributed by atoms with van der Waals surface area (Å²) in [6.07, 6.45) is 1.45. The molecule has 0 radical (unpaired) electrons. The Hall–Kier alpha value is -2.13. The van der Waals surface area contributed by atoms with Gasteiger partial charge in [0.2, 0.25) is 5.91 Å². The first-order chi connectivity index (χ1) is 12.9. The summed E-state index contributed by atoms with van der Waals surface area (Å²) in [7, 11) is 0. The van der Waals surface area contributed by atoms with Crippen molar-refractivity contribution in [2.75, 3.05) is 19.6 Å². The van der Waals surface area contributed by atoms with Gasteiger partial charge in [-0.15, -0.1) is 0 Å². The molecule has 0 aliphatic carbocycles.